The monoisotopic (exact) mass is 489 g/mol. The lowest BCUT2D eigenvalue weighted by molar-refractivity contribution is -0.119. The molecule has 1 fully saturated rings. The number of fused-ring (bicyclic) bond motifs is 1. The Hall–Kier alpha value is -3.55. The number of hydrogen-bond donors (Lipinski definition) is 3. The first-order valence-corrected chi connectivity index (χ1v) is 11.9. The molecule has 0 bridgehead atoms. The van der Waals surface area contributed by atoms with E-state index >= 15 is 0 Å². The number of benzene rings is 2. The summed E-state index contributed by atoms with van der Waals surface area (Å²) in [6.45, 7) is 2.62. The predicted octanol–water partition coefficient (Wildman–Crippen LogP) is 0.924. The fourth-order valence-electron chi connectivity index (χ4n) is 4.30. The van der Waals surface area contributed by atoms with Crippen molar-refractivity contribution in [3.8, 4) is 17.5 Å². The molecule has 1 saturated heterocycles. The van der Waals surface area contributed by atoms with E-state index in [0.717, 1.165) is 24.0 Å². The summed E-state index contributed by atoms with van der Waals surface area (Å²) in [5.74, 6) is 4.95. The van der Waals surface area contributed by atoms with E-state index in [-0.39, 0.29) is 18.2 Å². The third-order valence-electron chi connectivity index (χ3n) is 6.28. The molecule has 0 spiro atoms. The first-order valence-electron chi connectivity index (χ1n) is 11.9. The summed E-state index contributed by atoms with van der Waals surface area (Å²) in [6, 6.07) is 13.0. The second-order valence-corrected chi connectivity index (χ2v) is 9.55. The molecule has 36 heavy (non-hydrogen) atoms. The molecular formula is C27H31N5O4. The van der Waals surface area contributed by atoms with Crippen molar-refractivity contribution in [3.05, 3.63) is 59.3 Å². The quantitative estimate of drug-likeness (QED) is 0.317. The van der Waals surface area contributed by atoms with Gasteiger partial charge in [0.05, 0.1) is 17.3 Å². The topological polar surface area (TPSA) is 125 Å². The van der Waals surface area contributed by atoms with E-state index in [9.17, 15) is 19.8 Å². The maximum Gasteiger partial charge on any atom is 0.269 e. The maximum atomic E-state index is 12.2. The Morgan fingerprint density at radius 1 is 1.31 bits per heavy atom. The van der Waals surface area contributed by atoms with E-state index in [2.05, 4.69) is 21.8 Å². The lowest BCUT2D eigenvalue weighted by atomic mass is 10.0. The second-order valence-electron chi connectivity index (χ2n) is 9.55. The molecule has 2 heterocycles. The minimum absolute atomic E-state index is 0.170. The Morgan fingerprint density at radius 2 is 2.11 bits per heavy atom. The van der Waals surface area contributed by atoms with Gasteiger partial charge in [-0.2, -0.15) is 5.10 Å². The third kappa shape index (κ3) is 5.80. The molecule has 9 heteroatoms. The normalized spacial score (nSPS) is 17.6. The molecule has 1 amide bonds. The highest BCUT2D eigenvalue weighted by Gasteiger charge is 2.24. The Kier molecular flexibility index (Phi) is 7.52. The van der Waals surface area contributed by atoms with Gasteiger partial charge in [-0.05, 0) is 56.4 Å². The Bertz CT molecular complexity index is 1340. The number of carbonyl (C=O) groups excluding carboxylic acids is 2. The molecule has 1 aromatic heterocycles. The van der Waals surface area contributed by atoms with Gasteiger partial charge < -0.3 is 20.8 Å². The van der Waals surface area contributed by atoms with Crippen molar-refractivity contribution in [2.75, 3.05) is 33.7 Å². The first kappa shape index (κ1) is 25.5. The van der Waals surface area contributed by atoms with Gasteiger partial charge in [0.1, 0.15) is 0 Å². The van der Waals surface area contributed by atoms with Crippen LogP contribution >= 0.6 is 0 Å². The van der Waals surface area contributed by atoms with Crippen LogP contribution in [0.3, 0.4) is 0 Å². The number of hydrogen-bond acceptors (Lipinski definition) is 7. The molecule has 4 N–H and O–H groups in total. The van der Waals surface area contributed by atoms with Crippen LogP contribution in [0.4, 0.5) is 0 Å². The van der Waals surface area contributed by atoms with E-state index < -0.39 is 11.5 Å². The van der Waals surface area contributed by atoms with Crippen molar-refractivity contribution in [1.29, 1.82) is 0 Å². The van der Waals surface area contributed by atoms with Crippen LogP contribution < -0.4 is 5.73 Å². The molecule has 0 radical (unpaired) electrons. The van der Waals surface area contributed by atoms with Crippen molar-refractivity contribution >= 4 is 23.1 Å². The number of amides is 1. The molecule has 2 aromatic carbocycles. The number of rotatable bonds is 8. The zero-order valence-electron chi connectivity index (χ0n) is 20.5. The Labute approximate surface area is 210 Å². The SMILES string of the molecule is CN(C)CCC(O)(C#Cc1cccc(-n2nc(C(N)=O)c3cc(CN4CCC(O)C4)ccc32)c1)C=O. The zero-order chi connectivity index (χ0) is 25.9. The minimum Gasteiger partial charge on any atom is -0.392 e. The molecule has 0 saturated carbocycles. The van der Waals surface area contributed by atoms with Crippen molar-refractivity contribution in [2.45, 2.75) is 31.1 Å². The average Bonchev–Trinajstić information content (AvgIpc) is 3.44. The molecule has 2 atom stereocenters. The van der Waals surface area contributed by atoms with Gasteiger partial charge in [0, 0.05) is 43.5 Å². The molecule has 2 unspecified atom stereocenters. The van der Waals surface area contributed by atoms with Crippen molar-refractivity contribution in [3.63, 3.8) is 0 Å². The fraction of sp³-hybridized carbons (Fsp3) is 0.370. The Balaban J connectivity index is 1.66. The molecular weight excluding hydrogens is 458 g/mol. The summed E-state index contributed by atoms with van der Waals surface area (Å²) in [4.78, 5) is 27.7. The number of nitrogens with two attached hydrogens (primary N) is 1. The fourth-order valence-corrected chi connectivity index (χ4v) is 4.30. The van der Waals surface area contributed by atoms with E-state index in [1.165, 1.54) is 0 Å². The zero-order valence-corrected chi connectivity index (χ0v) is 20.5. The van der Waals surface area contributed by atoms with E-state index in [4.69, 9.17) is 5.73 Å². The highest BCUT2D eigenvalue weighted by atomic mass is 16.3. The highest BCUT2D eigenvalue weighted by molar-refractivity contribution is 6.04. The van der Waals surface area contributed by atoms with E-state index in [0.29, 0.717) is 42.6 Å². The van der Waals surface area contributed by atoms with Gasteiger partial charge in [0.25, 0.3) is 5.91 Å². The van der Waals surface area contributed by atoms with Crippen LogP contribution in [0.15, 0.2) is 42.5 Å². The number of aldehydes is 1. The van der Waals surface area contributed by atoms with Gasteiger partial charge >= 0.3 is 0 Å². The number of β-amino-alcohol motifs (C(OH)–C–C–N with tert-alkyl or cyclic N) is 1. The number of aliphatic hydroxyl groups is 2. The molecule has 1 aliphatic heterocycles. The minimum atomic E-state index is -1.74. The van der Waals surface area contributed by atoms with Crippen molar-refractivity contribution < 1.29 is 19.8 Å². The molecule has 9 nitrogen and oxygen atoms in total. The second kappa shape index (κ2) is 10.6. The standard InChI is InChI=1S/C27H31N5O4/c1-30(2)13-11-27(36,18-33)10-8-19-4-3-5-21(14-19)32-24-7-6-20(16-31-12-9-22(34)17-31)15-23(24)25(29-32)26(28)35/h3-7,14-15,18,22,34,36H,9,11-13,16-17H2,1-2H3,(H2,28,35). The van der Waals surface area contributed by atoms with Crippen LogP contribution in [0.1, 0.15) is 34.5 Å². The summed E-state index contributed by atoms with van der Waals surface area (Å²) >= 11 is 0. The summed E-state index contributed by atoms with van der Waals surface area (Å²) < 4.78 is 1.64. The number of carbonyl (C=O) groups is 2. The highest BCUT2D eigenvalue weighted by Crippen LogP contribution is 2.25. The van der Waals surface area contributed by atoms with Crippen LogP contribution in [-0.4, -0.2) is 87.4 Å². The van der Waals surface area contributed by atoms with Gasteiger partial charge in [-0.1, -0.05) is 24.0 Å². The number of aliphatic hydroxyl groups excluding tert-OH is 1. The summed E-state index contributed by atoms with van der Waals surface area (Å²) in [6.07, 6.45) is 1.11. The average molecular weight is 490 g/mol. The maximum absolute atomic E-state index is 12.2. The number of primary amides is 1. The molecule has 1 aliphatic rings. The molecule has 0 aliphatic carbocycles. The van der Waals surface area contributed by atoms with Crippen LogP contribution in [0.2, 0.25) is 0 Å². The van der Waals surface area contributed by atoms with Crippen molar-refractivity contribution in [1.82, 2.24) is 19.6 Å². The van der Waals surface area contributed by atoms with E-state index in [1.807, 2.05) is 43.3 Å². The van der Waals surface area contributed by atoms with Crippen molar-refractivity contribution in [2.24, 2.45) is 5.73 Å². The van der Waals surface area contributed by atoms with Gasteiger partial charge in [-0.15, -0.1) is 0 Å². The van der Waals surface area contributed by atoms with Gasteiger partial charge in [-0.25, -0.2) is 4.68 Å². The summed E-state index contributed by atoms with van der Waals surface area (Å²) in [5, 5.41) is 25.5. The molecule has 3 aromatic rings. The van der Waals surface area contributed by atoms with Crippen LogP contribution in [0, 0.1) is 11.8 Å². The van der Waals surface area contributed by atoms with Crippen LogP contribution in [0.5, 0.6) is 0 Å². The first-order chi connectivity index (χ1) is 17.2. The largest absolute Gasteiger partial charge is 0.392 e. The van der Waals surface area contributed by atoms with Crippen LogP contribution in [-0.2, 0) is 11.3 Å². The van der Waals surface area contributed by atoms with Gasteiger partial charge in [0.15, 0.2) is 17.6 Å². The predicted molar refractivity (Wildman–Crippen MR) is 137 cm³/mol. The van der Waals surface area contributed by atoms with Gasteiger partial charge in [-0.3, -0.25) is 14.5 Å². The van der Waals surface area contributed by atoms with Crippen LogP contribution in [0.25, 0.3) is 16.6 Å². The molecule has 188 valence electrons. The summed E-state index contributed by atoms with van der Waals surface area (Å²) in [7, 11) is 3.72. The van der Waals surface area contributed by atoms with Gasteiger partial charge in [0.2, 0.25) is 0 Å². The van der Waals surface area contributed by atoms with E-state index in [1.54, 1.807) is 22.9 Å². The summed E-state index contributed by atoms with van der Waals surface area (Å²) in [5.41, 5.74) is 7.06. The number of nitrogens with zero attached hydrogens (tertiary/aromatic N) is 4. The lowest BCUT2D eigenvalue weighted by Crippen LogP contribution is -2.33. The third-order valence-corrected chi connectivity index (χ3v) is 6.28. The molecule has 4 rings (SSSR count). The Morgan fingerprint density at radius 3 is 2.78 bits per heavy atom. The lowest BCUT2D eigenvalue weighted by Gasteiger charge is -2.17. The number of aromatic nitrogens is 2. The smallest absolute Gasteiger partial charge is 0.269 e. The number of likely N-dealkylation sites (tertiary alicyclic amines) is 1.